The molecule has 0 aliphatic rings. The average Bonchev–Trinajstić information content (AvgIpc) is 3.01. The van der Waals surface area contributed by atoms with Gasteiger partial charge < -0.3 is 4.90 Å². The van der Waals surface area contributed by atoms with Crippen LogP contribution < -0.4 is 9.80 Å². The molecule has 3 rings (SSSR count). The lowest BCUT2D eigenvalue weighted by Crippen LogP contribution is -3.05. The van der Waals surface area contributed by atoms with Crippen molar-refractivity contribution >= 4 is 32.6 Å². The first-order valence-corrected chi connectivity index (χ1v) is 9.91. The number of benzene rings is 2. The van der Waals surface area contributed by atoms with Gasteiger partial charge in [0.05, 0.1) is 30.9 Å². The third-order valence-electron chi connectivity index (χ3n) is 4.62. The van der Waals surface area contributed by atoms with Crippen molar-refractivity contribution < 1.29 is 14.1 Å². The predicted molar refractivity (Wildman–Crippen MR) is 109 cm³/mol. The summed E-state index contributed by atoms with van der Waals surface area (Å²) in [6, 6.07) is 9.89. The van der Waals surface area contributed by atoms with Gasteiger partial charge in [-0.05, 0) is 61.4 Å². The van der Waals surface area contributed by atoms with E-state index in [1.165, 1.54) is 51.6 Å². The number of aromatic nitrogens is 1. The van der Waals surface area contributed by atoms with Gasteiger partial charge in [0.2, 0.25) is 0 Å². The zero-order valence-electron chi connectivity index (χ0n) is 16.2. The number of carbonyl (C=O) groups is 1. The molecule has 1 N–H and O–H groups in total. The summed E-state index contributed by atoms with van der Waals surface area (Å²) in [5.74, 6) is -0.489. The third kappa shape index (κ3) is 4.51. The first-order valence-electron chi connectivity index (χ1n) is 9.09. The van der Waals surface area contributed by atoms with E-state index >= 15 is 0 Å². The number of aryl methyl sites for hydroxylation is 2. The number of anilines is 1. The van der Waals surface area contributed by atoms with Crippen LogP contribution in [0.2, 0.25) is 0 Å². The fourth-order valence-corrected chi connectivity index (χ4v) is 3.98. The van der Waals surface area contributed by atoms with Crippen molar-refractivity contribution in [2.45, 2.75) is 20.3 Å². The molecule has 142 valence electrons. The van der Waals surface area contributed by atoms with Crippen molar-refractivity contribution in [1.82, 2.24) is 4.98 Å². The number of nitrogens with one attached hydrogen (secondary N) is 1. The number of amides is 1. The maximum atomic E-state index is 13.2. The number of fused-ring (bicyclic) bond motifs is 1. The molecule has 0 saturated carbocycles. The predicted octanol–water partition coefficient (Wildman–Crippen LogP) is 3.23. The van der Waals surface area contributed by atoms with Crippen LogP contribution in [-0.4, -0.2) is 38.1 Å². The number of thiazole rings is 1. The highest BCUT2D eigenvalue weighted by atomic mass is 32.1. The van der Waals surface area contributed by atoms with Gasteiger partial charge in [-0.2, -0.15) is 0 Å². The van der Waals surface area contributed by atoms with Gasteiger partial charge >= 0.3 is 0 Å². The molecule has 0 unspecified atom stereocenters. The molecule has 0 atom stereocenters. The molecule has 1 aromatic heterocycles. The van der Waals surface area contributed by atoms with Crippen LogP contribution in [0.1, 0.15) is 27.9 Å². The van der Waals surface area contributed by atoms with E-state index in [-0.39, 0.29) is 11.7 Å². The van der Waals surface area contributed by atoms with Crippen LogP contribution in [-0.2, 0) is 0 Å². The Morgan fingerprint density at radius 1 is 1.15 bits per heavy atom. The number of hydrogen-bond donors (Lipinski definition) is 1. The number of carbonyl (C=O) groups excluding carboxylic acids is 1. The molecular weight excluding hydrogens is 361 g/mol. The number of hydrogen-bond acceptors (Lipinski definition) is 3. The minimum Gasteiger partial charge on any atom is -0.340 e. The summed E-state index contributed by atoms with van der Waals surface area (Å²) in [6.45, 7) is 5.68. The molecule has 0 radical (unpaired) electrons. The summed E-state index contributed by atoms with van der Waals surface area (Å²) in [7, 11) is 4.19. The highest BCUT2D eigenvalue weighted by molar-refractivity contribution is 7.22. The van der Waals surface area contributed by atoms with Crippen LogP contribution >= 0.6 is 11.3 Å². The zero-order chi connectivity index (χ0) is 19.6. The minimum atomic E-state index is -0.347. The van der Waals surface area contributed by atoms with Crippen molar-refractivity contribution in [1.29, 1.82) is 0 Å². The van der Waals surface area contributed by atoms with E-state index < -0.39 is 0 Å². The number of rotatable bonds is 6. The van der Waals surface area contributed by atoms with Gasteiger partial charge in [0.15, 0.2) is 5.13 Å². The standard InChI is InChI=1S/C21H24FN3OS/c1-14-12-18-19(13-15(14)2)27-21(23-18)25(11-5-10-24(3)4)20(26)16-6-8-17(22)9-7-16/h6-9,12-13H,5,10-11H2,1-4H3/p+1. The Kier molecular flexibility index (Phi) is 5.87. The lowest BCUT2D eigenvalue weighted by Gasteiger charge is -2.20. The van der Waals surface area contributed by atoms with Crippen LogP contribution in [0.25, 0.3) is 10.2 Å². The fraction of sp³-hybridized carbons (Fsp3) is 0.333. The van der Waals surface area contributed by atoms with E-state index in [0.717, 1.165) is 23.2 Å². The van der Waals surface area contributed by atoms with Gasteiger partial charge in [0.1, 0.15) is 5.82 Å². The molecule has 3 aromatic rings. The Hall–Kier alpha value is -2.31. The van der Waals surface area contributed by atoms with Crippen molar-refractivity contribution in [3.63, 3.8) is 0 Å². The summed E-state index contributed by atoms with van der Waals surface area (Å²) in [5.41, 5.74) is 3.78. The second-order valence-electron chi connectivity index (χ2n) is 7.17. The molecule has 0 fully saturated rings. The summed E-state index contributed by atoms with van der Waals surface area (Å²) in [6.07, 6.45) is 0.864. The fourth-order valence-electron chi connectivity index (χ4n) is 2.91. The molecule has 4 nitrogen and oxygen atoms in total. The van der Waals surface area contributed by atoms with E-state index in [0.29, 0.717) is 17.2 Å². The second-order valence-corrected chi connectivity index (χ2v) is 8.18. The van der Waals surface area contributed by atoms with Gasteiger partial charge in [0, 0.05) is 18.5 Å². The van der Waals surface area contributed by atoms with E-state index in [9.17, 15) is 9.18 Å². The molecule has 1 amide bonds. The maximum Gasteiger partial charge on any atom is 0.260 e. The molecule has 0 bridgehead atoms. The van der Waals surface area contributed by atoms with Crippen LogP contribution in [0.15, 0.2) is 36.4 Å². The van der Waals surface area contributed by atoms with Gasteiger partial charge in [-0.1, -0.05) is 11.3 Å². The molecule has 0 aliphatic heterocycles. The molecule has 0 saturated heterocycles. The minimum absolute atomic E-state index is 0.142. The normalized spacial score (nSPS) is 11.3. The smallest absolute Gasteiger partial charge is 0.260 e. The molecule has 0 aliphatic carbocycles. The SMILES string of the molecule is Cc1cc2nc(N(CCC[NH+](C)C)C(=O)c3ccc(F)cc3)sc2cc1C. The van der Waals surface area contributed by atoms with Crippen molar-refractivity contribution in [2.75, 3.05) is 32.1 Å². The maximum absolute atomic E-state index is 13.2. The highest BCUT2D eigenvalue weighted by Gasteiger charge is 2.21. The molecular formula is C21H25FN3OS+. The molecule has 1 heterocycles. The Morgan fingerprint density at radius 2 is 1.81 bits per heavy atom. The molecule has 6 heteroatoms. The van der Waals surface area contributed by atoms with Gasteiger partial charge in [-0.25, -0.2) is 9.37 Å². The summed E-state index contributed by atoms with van der Waals surface area (Å²) in [4.78, 5) is 20.9. The Bertz CT molecular complexity index is 911. The molecule has 2 aromatic carbocycles. The quantitative estimate of drug-likeness (QED) is 0.706. The number of quaternary nitrogens is 1. The lowest BCUT2D eigenvalue weighted by molar-refractivity contribution is -0.858. The highest BCUT2D eigenvalue weighted by Crippen LogP contribution is 2.31. The van der Waals surface area contributed by atoms with Crippen LogP contribution in [0.5, 0.6) is 0 Å². The number of halogens is 1. The van der Waals surface area contributed by atoms with Crippen LogP contribution in [0.4, 0.5) is 9.52 Å². The Labute approximate surface area is 163 Å². The summed E-state index contributed by atoms with van der Waals surface area (Å²) < 4.78 is 14.3. The zero-order valence-corrected chi connectivity index (χ0v) is 17.0. The van der Waals surface area contributed by atoms with Crippen LogP contribution in [0.3, 0.4) is 0 Å². The van der Waals surface area contributed by atoms with Crippen molar-refractivity contribution in [2.24, 2.45) is 0 Å². The van der Waals surface area contributed by atoms with E-state index in [4.69, 9.17) is 4.98 Å². The Morgan fingerprint density at radius 3 is 2.48 bits per heavy atom. The monoisotopic (exact) mass is 386 g/mol. The first kappa shape index (κ1) is 19.5. The topological polar surface area (TPSA) is 37.6 Å². The number of nitrogens with zero attached hydrogens (tertiary/aromatic N) is 2. The summed E-state index contributed by atoms with van der Waals surface area (Å²) in [5, 5.41) is 0.693. The first-order chi connectivity index (χ1) is 12.8. The second kappa shape index (κ2) is 8.15. The molecule has 0 spiro atoms. The summed E-state index contributed by atoms with van der Waals surface area (Å²) >= 11 is 1.53. The van der Waals surface area contributed by atoms with E-state index in [1.54, 1.807) is 4.90 Å². The van der Waals surface area contributed by atoms with E-state index in [1.807, 2.05) is 0 Å². The van der Waals surface area contributed by atoms with Gasteiger partial charge in [-0.15, -0.1) is 0 Å². The van der Waals surface area contributed by atoms with Gasteiger partial charge in [0.25, 0.3) is 5.91 Å². The average molecular weight is 387 g/mol. The molecule has 27 heavy (non-hydrogen) atoms. The van der Waals surface area contributed by atoms with Crippen molar-refractivity contribution in [3.05, 3.63) is 58.9 Å². The van der Waals surface area contributed by atoms with Crippen LogP contribution in [0, 0.1) is 19.7 Å². The van der Waals surface area contributed by atoms with Crippen molar-refractivity contribution in [3.8, 4) is 0 Å². The largest absolute Gasteiger partial charge is 0.340 e. The third-order valence-corrected chi connectivity index (χ3v) is 5.66. The van der Waals surface area contributed by atoms with E-state index in [2.05, 4.69) is 40.1 Å². The Balaban J connectivity index is 1.95. The lowest BCUT2D eigenvalue weighted by atomic mass is 10.1. The van der Waals surface area contributed by atoms with Gasteiger partial charge in [-0.3, -0.25) is 9.69 Å².